The summed E-state index contributed by atoms with van der Waals surface area (Å²) in [5, 5.41) is 4.23. The Labute approximate surface area is 119 Å². The first kappa shape index (κ1) is 14.0. The summed E-state index contributed by atoms with van der Waals surface area (Å²) in [5.74, 6) is -0.0990. The molecule has 20 heavy (non-hydrogen) atoms. The van der Waals surface area contributed by atoms with Crippen LogP contribution in [0.5, 0.6) is 0 Å². The number of hydrogen-bond acceptors (Lipinski definition) is 2. The van der Waals surface area contributed by atoms with Gasteiger partial charge in [-0.1, -0.05) is 67.6 Å². The van der Waals surface area contributed by atoms with Crippen LogP contribution in [-0.2, 0) is 11.2 Å². The summed E-state index contributed by atoms with van der Waals surface area (Å²) >= 11 is 0. The summed E-state index contributed by atoms with van der Waals surface area (Å²) in [6.45, 7) is 2.02. The fourth-order valence-corrected chi connectivity index (χ4v) is 1.93. The van der Waals surface area contributed by atoms with Crippen LogP contribution in [0.3, 0.4) is 0 Å². The van der Waals surface area contributed by atoms with Crippen molar-refractivity contribution in [2.45, 2.75) is 19.8 Å². The van der Waals surface area contributed by atoms with Gasteiger partial charge < -0.3 is 0 Å². The highest BCUT2D eigenvalue weighted by molar-refractivity contribution is 6.00. The van der Waals surface area contributed by atoms with Crippen LogP contribution < -0.4 is 5.43 Å². The number of amides is 1. The molecule has 0 saturated carbocycles. The SMILES string of the molecule is CC/C(=N\NC(=O)Cc1ccccc1)c1ccccc1. The molecule has 2 rings (SSSR count). The van der Waals surface area contributed by atoms with Gasteiger partial charge in [0.25, 0.3) is 0 Å². The lowest BCUT2D eigenvalue weighted by Crippen LogP contribution is -2.21. The lowest BCUT2D eigenvalue weighted by atomic mass is 10.1. The van der Waals surface area contributed by atoms with Gasteiger partial charge in [0.1, 0.15) is 0 Å². The number of hydrogen-bond donors (Lipinski definition) is 1. The van der Waals surface area contributed by atoms with Gasteiger partial charge in [0, 0.05) is 0 Å². The largest absolute Gasteiger partial charge is 0.273 e. The maximum absolute atomic E-state index is 11.8. The second-order valence-electron chi connectivity index (χ2n) is 4.48. The first-order valence-electron chi connectivity index (χ1n) is 6.74. The third-order valence-electron chi connectivity index (χ3n) is 2.96. The highest BCUT2D eigenvalue weighted by Crippen LogP contribution is 2.04. The molecule has 0 atom stereocenters. The van der Waals surface area contributed by atoms with Crippen molar-refractivity contribution in [2.24, 2.45) is 5.10 Å². The van der Waals surface area contributed by atoms with Crippen LogP contribution in [0.25, 0.3) is 0 Å². The molecule has 102 valence electrons. The van der Waals surface area contributed by atoms with Crippen molar-refractivity contribution in [3.05, 3.63) is 71.8 Å². The van der Waals surface area contributed by atoms with Crippen LogP contribution in [0, 0.1) is 0 Å². The molecule has 3 nitrogen and oxygen atoms in total. The molecule has 0 unspecified atom stereocenters. The fraction of sp³-hybridized carbons (Fsp3) is 0.176. The van der Waals surface area contributed by atoms with E-state index >= 15 is 0 Å². The minimum atomic E-state index is -0.0990. The number of benzene rings is 2. The van der Waals surface area contributed by atoms with Crippen LogP contribution in [0.2, 0.25) is 0 Å². The Morgan fingerprint density at radius 2 is 1.60 bits per heavy atom. The standard InChI is InChI=1S/C17H18N2O/c1-2-16(15-11-7-4-8-12-15)18-19-17(20)13-14-9-5-3-6-10-14/h3-12H,2,13H2,1H3,(H,19,20)/b18-16+. The normalized spacial score (nSPS) is 11.2. The van der Waals surface area contributed by atoms with E-state index in [1.165, 1.54) is 0 Å². The van der Waals surface area contributed by atoms with Gasteiger partial charge in [0.15, 0.2) is 0 Å². The predicted molar refractivity (Wildman–Crippen MR) is 81.6 cm³/mol. The average Bonchev–Trinajstić information content (AvgIpc) is 2.50. The first-order chi connectivity index (χ1) is 9.79. The maximum Gasteiger partial charge on any atom is 0.244 e. The van der Waals surface area contributed by atoms with Gasteiger partial charge in [0.2, 0.25) is 5.91 Å². The van der Waals surface area contributed by atoms with Crippen molar-refractivity contribution in [3.8, 4) is 0 Å². The monoisotopic (exact) mass is 266 g/mol. The Kier molecular flexibility index (Phi) is 5.07. The minimum absolute atomic E-state index is 0.0990. The smallest absolute Gasteiger partial charge is 0.244 e. The van der Waals surface area contributed by atoms with Crippen molar-refractivity contribution < 1.29 is 4.79 Å². The summed E-state index contributed by atoms with van der Waals surface area (Å²) in [5.41, 5.74) is 5.53. The molecule has 0 aromatic heterocycles. The summed E-state index contributed by atoms with van der Waals surface area (Å²) < 4.78 is 0. The quantitative estimate of drug-likeness (QED) is 0.655. The van der Waals surface area contributed by atoms with Crippen LogP contribution >= 0.6 is 0 Å². The Balaban J connectivity index is 1.99. The molecule has 1 amide bonds. The molecule has 2 aromatic rings. The molecular formula is C17H18N2O. The van der Waals surface area contributed by atoms with Crippen LogP contribution in [0.4, 0.5) is 0 Å². The maximum atomic E-state index is 11.8. The van der Waals surface area contributed by atoms with Crippen LogP contribution in [0.1, 0.15) is 24.5 Å². The highest BCUT2D eigenvalue weighted by atomic mass is 16.2. The van der Waals surface area contributed by atoms with Crippen molar-refractivity contribution in [2.75, 3.05) is 0 Å². The summed E-state index contributed by atoms with van der Waals surface area (Å²) in [6, 6.07) is 19.5. The Bertz CT molecular complexity index is 576. The van der Waals surface area contributed by atoms with Crippen molar-refractivity contribution in [1.29, 1.82) is 0 Å². The Morgan fingerprint density at radius 3 is 2.20 bits per heavy atom. The van der Waals surface area contributed by atoms with Crippen molar-refractivity contribution >= 4 is 11.6 Å². The molecule has 0 spiro atoms. The molecule has 0 fully saturated rings. The lowest BCUT2D eigenvalue weighted by Gasteiger charge is -2.05. The predicted octanol–water partition coefficient (Wildman–Crippen LogP) is 3.16. The summed E-state index contributed by atoms with van der Waals surface area (Å²) in [6.07, 6.45) is 1.12. The molecule has 3 heteroatoms. The van der Waals surface area contributed by atoms with E-state index in [-0.39, 0.29) is 5.91 Å². The second-order valence-corrected chi connectivity index (χ2v) is 4.48. The third kappa shape index (κ3) is 4.05. The lowest BCUT2D eigenvalue weighted by molar-refractivity contribution is -0.120. The number of nitrogens with zero attached hydrogens (tertiary/aromatic N) is 1. The zero-order chi connectivity index (χ0) is 14.2. The molecule has 0 radical (unpaired) electrons. The van der Waals surface area contributed by atoms with E-state index in [0.717, 1.165) is 23.3 Å². The van der Waals surface area contributed by atoms with Gasteiger partial charge >= 0.3 is 0 Å². The summed E-state index contributed by atoms with van der Waals surface area (Å²) in [7, 11) is 0. The molecule has 0 saturated heterocycles. The second kappa shape index (κ2) is 7.24. The fourth-order valence-electron chi connectivity index (χ4n) is 1.93. The van der Waals surface area contributed by atoms with Gasteiger partial charge in [-0.05, 0) is 17.5 Å². The topological polar surface area (TPSA) is 41.5 Å². The highest BCUT2D eigenvalue weighted by Gasteiger charge is 2.04. The average molecular weight is 266 g/mol. The molecule has 1 N–H and O–H groups in total. The number of nitrogens with one attached hydrogen (secondary N) is 1. The molecule has 0 heterocycles. The van der Waals surface area contributed by atoms with E-state index in [2.05, 4.69) is 10.5 Å². The van der Waals surface area contributed by atoms with Gasteiger partial charge in [0.05, 0.1) is 12.1 Å². The minimum Gasteiger partial charge on any atom is -0.273 e. The van der Waals surface area contributed by atoms with Gasteiger partial charge in [-0.15, -0.1) is 0 Å². The number of carbonyl (C=O) groups is 1. The molecule has 0 aliphatic heterocycles. The van der Waals surface area contributed by atoms with E-state index in [1.54, 1.807) is 0 Å². The molecular weight excluding hydrogens is 248 g/mol. The van der Waals surface area contributed by atoms with Crippen LogP contribution in [-0.4, -0.2) is 11.6 Å². The third-order valence-corrected chi connectivity index (χ3v) is 2.96. The number of carbonyl (C=O) groups excluding carboxylic acids is 1. The van der Waals surface area contributed by atoms with Crippen LogP contribution in [0.15, 0.2) is 65.8 Å². The Hall–Kier alpha value is -2.42. The molecule has 2 aromatic carbocycles. The molecule has 0 aliphatic rings. The van der Waals surface area contributed by atoms with Crippen molar-refractivity contribution in [1.82, 2.24) is 5.43 Å². The summed E-state index contributed by atoms with van der Waals surface area (Å²) in [4.78, 5) is 11.8. The zero-order valence-corrected chi connectivity index (χ0v) is 11.5. The molecule has 0 bridgehead atoms. The zero-order valence-electron chi connectivity index (χ0n) is 11.5. The first-order valence-corrected chi connectivity index (χ1v) is 6.74. The van der Waals surface area contributed by atoms with Crippen molar-refractivity contribution in [3.63, 3.8) is 0 Å². The number of hydrazone groups is 1. The van der Waals surface area contributed by atoms with E-state index < -0.39 is 0 Å². The van der Waals surface area contributed by atoms with E-state index in [4.69, 9.17) is 0 Å². The van der Waals surface area contributed by atoms with E-state index in [9.17, 15) is 4.79 Å². The number of rotatable bonds is 5. The van der Waals surface area contributed by atoms with E-state index in [1.807, 2.05) is 67.6 Å². The Morgan fingerprint density at radius 1 is 1.00 bits per heavy atom. The van der Waals surface area contributed by atoms with Gasteiger partial charge in [-0.2, -0.15) is 5.10 Å². The van der Waals surface area contributed by atoms with Gasteiger partial charge in [-0.3, -0.25) is 4.79 Å². The van der Waals surface area contributed by atoms with Gasteiger partial charge in [-0.25, -0.2) is 5.43 Å². The van der Waals surface area contributed by atoms with E-state index in [0.29, 0.717) is 6.42 Å². The molecule has 0 aliphatic carbocycles.